The van der Waals surface area contributed by atoms with Gasteiger partial charge in [-0.25, -0.2) is 4.79 Å². The fourth-order valence-corrected chi connectivity index (χ4v) is 2.99. The lowest BCUT2D eigenvalue weighted by Gasteiger charge is -2.19. The Labute approximate surface area is 120 Å². The summed E-state index contributed by atoms with van der Waals surface area (Å²) in [6, 6.07) is 8.90. The van der Waals surface area contributed by atoms with Crippen LogP contribution in [0.5, 0.6) is 5.75 Å². The Balaban J connectivity index is 2.89. The van der Waals surface area contributed by atoms with Gasteiger partial charge in [0.15, 0.2) is 0 Å². The lowest BCUT2D eigenvalue weighted by atomic mass is 10.3. The van der Waals surface area contributed by atoms with E-state index < -0.39 is 8.07 Å². The average Bonchev–Trinajstić information content (AvgIpc) is 2.38. The third-order valence-electron chi connectivity index (χ3n) is 2.68. The van der Waals surface area contributed by atoms with E-state index in [1.54, 1.807) is 30.3 Å². The van der Waals surface area contributed by atoms with Gasteiger partial charge >= 0.3 is 11.9 Å². The second kappa shape index (κ2) is 7.05. The van der Waals surface area contributed by atoms with E-state index in [2.05, 4.69) is 4.74 Å². The van der Waals surface area contributed by atoms with Crippen molar-refractivity contribution in [2.75, 3.05) is 7.11 Å². The van der Waals surface area contributed by atoms with Gasteiger partial charge in [0.1, 0.15) is 5.75 Å². The third kappa shape index (κ3) is 5.01. The van der Waals surface area contributed by atoms with Gasteiger partial charge in [0, 0.05) is 5.20 Å². The van der Waals surface area contributed by atoms with Crippen molar-refractivity contribution in [3.8, 4) is 5.75 Å². The van der Waals surface area contributed by atoms with Crippen LogP contribution in [0.15, 0.2) is 41.6 Å². The smallest absolute Gasteiger partial charge is 0.334 e. The van der Waals surface area contributed by atoms with Gasteiger partial charge in [0.05, 0.1) is 21.6 Å². The van der Waals surface area contributed by atoms with Crippen LogP contribution >= 0.6 is 0 Å². The minimum Gasteiger partial charge on any atom is -0.469 e. The number of methoxy groups -OCH3 is 1. The van der Waals surface area contributed by atoms with Gasteiger partial charge in [-0.2, -0.15) is 0 Å². The van der Waals surface area contributed by atoms with Crippen LogP contribution in [0.2, 0.25) is 19.6 Å². The van der Waals surface area contributed by atoms with E-state index in [0.29, 0.717) is 10.9 Å². The number of carbonyl (C=O) groups excluding carboxylic acids is 2. The van der Waals surface area contributed by atoms with E-state index in [0.717, 1.165) is 0 Å². The molecule has 0 aliphatic carbocycles. The highest BCUT2D eigenvalue weighted by molar-refractivity contribution is 6.87. The van der Waals surface area contributed by atoms with Gasteiger partial charge in [-0.3, -0.25) is 4.79 Å². The molecule has 0 aromatic heterocycles. The second-order valence-electron chi connectivity index (χ2n) is 5.35. The first-order chi connectivity index (χ1) is 9.34. The molecule has 0 amide bonds. The first-order valence-electron chi connectivity index (χ1n) is 6.39. The third-order valence-corrected chi connectivity index (χ3v) is 4.71. The Hall–Kier alpha value is -1.88. The van der Waals surface area contributed by atoms with E-state index in [1.807, 2.05) is 25.7 Å². The van der Waals surface area contributed by atoms with Crippen LogP contribution in [0.3, 0.4) is 0 Å². The first-order valence-corrected chi connectivity index (χ1v) is 9.89. The van der Waals surface area contributed by atoms with Crippen molar-refractivity contribution in [3.63, 3.8) is 0 Å². The summed E-state index contributed by atoms with van der Waals surface area (Å²) >= 11 is 0. The van der Waals surface area contributed by atoms with Crippen LogP contribution in [0, 0.1) is 0 Å². The fraction of sp³-hybridized carbons (Fsp3) is 0.333. The van der Waals surface area contributed by atoms with E-state index in [4.69, 9.17) is 4.74 Å². The Kier molecular flexibility index (Phi) is 5.70. The molecule has 0 bridgehead atoms. The van der Waals surface area contributed by atoms with Gasteiger partial charge in [-0.1, -0.05) is 43.9 Å². The van der Waals surface area contributed by atoms with Gasteiger partial charge in [-0.15, -0.1) is 0 Å². The molecule has 4 nitrogen and oxygen atoms in total. The molecule has 20 heavy (non-hydrogen) atoms. The molecule has 108 valence electrons. The molecule has 1 rings (SSSR count). The van der Waals surface area contributed by atoms with Crippen molar-refractivity contribution in [1.82, 2.24) is 0 Å². The molecule has 0 aliphatic heterocycles. The van der Waals surface area contributed by atoms with Crippen LogP contribution in [0.4, 0.5) is 0 Å². The monoisotopic (exact) mass is 292 g/mol. The Morgan fingerprint density at radius 3 is 2.25 bits per heavy atom. The minimum absolute atomic E-state index is 0.0833. The zero-order chi connectivity index (χ0) is 15.2. The molecule has 1 aromatic rings. The number of benzene rings is 1. The van der Waals surface area contributed by atoms with Crippen LogP contribution in [-0.2, 0) is 14.3 Å². The SMILES string of the molecule is COC(=O)CC=C(C(=O)Oc1ccccc1)[Si](C)(C)C. The van der Waals surface area contributed by atoms with Gasteiger partial charge in [-0.05, 0) is 12.1 Å². The summed E-state index contributed by atoms with van der Waals surface area (Å²) < 4.78 is 9.94. The Morgan fingerprint density at radius 1 is 1.15 bits per heavy atom. The normalized spacial score (nSPS) is 11.9. The topological polar surface area (TPSA) is 52.6 Å². The number of esters is 2. The zero-order valence-corrected chi connectivity index (χ0v) is 13.3. The number of hydrogen-bond donors (Lipinski definition) is 0. The number of para-hydroxylation sites is 1. The number of rotatable bonds is 5. The van der Waals surface area contributed by atoms with Crippen molar-refractivity contribution >= 4 is 20.0 Å². The van der Waals surface area contributed by atoms with Crippen molar-refractivity contribution in [2.24, 2.45) is 0 Å². The van der Waals surface area contributed by atoms with Crippen LogP contribution in [0.25, 0.3) is 0 Å². The maximum Gasteiger partial charge on any atom is 0.334 e. The van der Waals surface area contributed by atoms with Gasteiger partial charge in [0.25, 0.3) is 0 Å². The molecule has 0 atom stereocenters. The van der Waals surface area contributed by atoms with E-state index in [-0.39, 0.29) is 18.4 Å². The summed E-state index contributed by atoms with van der Waals surface area (Å²) in [5.74, 6) is -0.257. The predicted octanol–water partition coefficient (Wildman–Crippen LogP) is 2.96. The highest BCUT2D eigenvalue weighted by Crippen LogP contribution is 2.19. The van der Waals surface area contributed by atoms with Crippen molar-refractivity contribution in [1.29, 1.82) is 0 Å². The molecule has 0 saturated heterocycles. The van der Waals surface area contributed by atoms with Crippen LogP contribution in [0.1, 0.15) is 6.42 Å². The quantitative estimate of drug-likeness (QED) is 0.362. The van der Waals surface area contributed by atoms with Crippen molar-refractivity contribution in [2.45, 2.75) is 26.1 Å². The summed E-state index contributed by atoms with van der Waals surface area (Å²) in [6.45, 7) is 6.09. The second-order valence-corrected chi connectivity index (χ2v) is 10.4. The van der Waals surface area contributed by atoms with Crippen molar-refractivity contribution in [3.05, 3.63) is 41.6 Å². The molecule has 0 N–H and O–H groups in total. The van der Waals surface area contributed by atoms with Gasteiger partial charge < -0.3 is 9.47 Å². The molecule has 0 unspecified atom stereocenters. The maximum atomic E-state index is 12.3. The maximum absolute atomic E-state index is 12.3. The predicted molar refractivity (Wildman–Crippen MR) is 80.1 cm³/mol. The zero-order valence-electron chi connectivity index (χ0n) is 12.3. The van der Waals surface area contributed by atoms with E-state index >= 15 is 0 Å². The molecule has 0 saturated carbocycles. The fourth-order valence-electron chi connectivity index (χ4n) is 1.61. The van der Waals surface area contributed by atoms with Crippen LogP contribution < -0.4 is 4.74 Å². The highest BCUT2D eigenvalue weighted by Gasteiger charge is 2.27. The van der Waals surface area contributed by atoms with E-state index in [1.165, 1.54) is 7.11 Å². The molecule has 0 aliphatic rings. The standard InChI is InChI=1S/C15H20O4Si/c1-18-14(16)11-10-13(20(2,3)4)15(17)19-12-8-6-5-7-9-12/h5-10H,11H2,1-4H3. The summed E-state index contributed by atoms with van der Waals surface area (Å²) in [6.07, 6.45) is 1.71. The minimum atomic E-state index is -1.90. The van der Waals surface area contributed by atoms with Crippen molar-refractivity contribution < 1.29 is 19.1 Å². The molecule has 0 radical (unpaired) electrons. The van der Waals surface area contributed by atoms with Gasteiger partial charge in [0.2, 0.25) is 0 Å². The highest BCUT2D eigenvalue weighted by atomic mass is 28.3. The molecule has 5 heteroatoms. The molecule has 0 heterocycles. The molecule has 1 aromatic carbocycles. The molecular weight excluding hydrogens is 272 g/mol. The van der Waals surface area contributed by atoms with E-state index in [9.17, 15) is 9.59 Å². The largest absolute Gasteiger partial charge is 0.469 e. The summed E-state index contributed by atoms with van der Waals surface area (Å²) in [4.78, 5) is 23.5. The summed E-state index contributed by atoms with van der Waals surface area (Å²) in [5.41, 5.74) is 0. The molecular formula is C15H20O4Si. The Morgan fingerprint density at radius 2 is 1.75 bits per heavy atom. The number of hydrogen-bond acceptors (Lipinski definition) is 4. The first kappa shape index (κ1) is 16.2. The number of carbonyl (C=O) groups is 2. The summed E-state index contributed by atoms with van der Waals surface area (Å²) in [5, 5.41) is 0.590. The Bertz CT molecular complexity index is 500. The summed E-state index contributed by atoms with van der Waals surface area (Å²) in [7, 11) is -0.578. The molecule has 0 fully saturated rings. The molecule has 0 spiro atoms. The lowest BCUT2D eigenvalue weighted by molar-refractivity contribution is -0.139. The number of ether oxygens (including phenoxy) is 2. The lowest BCUT2D eigenvalue weighted by Crippen LogP contribution is -2.32. The average molecular weight is 292 g/mol. The van der Waals surface area contributed by atoms with Crippen LogP contribution in [-0.4, -0.2) is 27.1 Å².